The van der Waals surface area contributed by atoms with E-state index in [0.717, 1.165) is 12.8 Å². The van der Waals surface area contributed by atoms with Crippen LogP contribution in [0.25, 0.3) is 10.4 Å². The molecule has 2 saturated heterocycles. The maximum Gasteiger partial charge on any atom is 0.313 e. The van der Waals surface area contributed by atoms with Gasteiger partial charge in [0.2, 0.25) is 0 Å². The molecule has 2 unspecified atom stereocenters. The number of aliphatic hydroxyl groups is 1. The number of esters is 1. The Balaban J connectivity index is 1.78. The third-order valence-electron chi connectivity index (χ3n) is 4.47. The molecule has 2 aliphatic heterocycles. The normalized spacial score (nSPS) is 32.7. The standard InChI is InChI=1S/C13H22N4O3/c1-17-9-4-5-10(17)12(11(18)8-9)13(19)20-7-3-2-6-15-16-14/h9-12,18H,2-8H2,1H3/t9?,10?,11-,12+/m0/s1. The van der Waals surface area contributed by atoms with E-state index >= 15 is 0 Å². The van der Waals surface area contributed by atoms with Crippen LogP contribution in [-0.4, -0.2) is 54.4 Å². The summed E-state index contributed by atoms with van der Waals surface area (Å²) in [5.74, 6) is -0.714. The molecule has 4 atom stereocenters. The molecule has 0 radical (unpaired) electrons. The predicted octanol–water partition coefficient (Wildman–Crippen LogP) is 1.46. The second-order valence-corrected chi connectivity index (χ2v) is 5.62. The van der Waals surface area contributed by atoms with Crippen LogP contribution in [0.5, 0.6) is 0 Å². The number of carbonyl (C=O) groups is 1. The van der Waals surface area contributed by atoms with Gasteiger partial charge in [-0.25, -0.2) is 0 Å². The van der Waals surface area contributed by atoms with Gasteiger partial charge < -0.3 is 9.84 Å². The first kappa shape index (κ1) is 15.1. The van der Waals surface area contributed by atoms with Crippen molar-refractivity contribution in [3.8, 4) is 0 Å². The molecule has 20 heavy (non-hydrogen) atoms. The van der Waals surface area contributed by atoms with Crippen LogP contribution in [0.4, 0.5) is 0 Å². The number of rotatable bonds is 6. The van der Waals surface area contributed by atoms with Crippen LogP contribution >= 0.6 is 0 Å². The zero-order chi connectivity index (χ0) is 14.5. The van der Waals surface area contributed by atoms with E-state index in [2.05, 4.69) is 14.9 Å². The van der Waals surface area contributed by atoms with Crippen LogP contribution in [-0.2, 0) is 9.53 Å². The van der Waals surface area contributed by atoms with Gasteiger partial charge in [-0.15, -0.1) is 0 Å². The Labute approximate surface area is 118 Å². The van der Waals surface area contributed by atoms with Crippen molar-refractivity contribution in [1.82, 2.24) is 4.90 Å². The molecule has 2 bridgehead atoms. The second kappa shape index (κ2) is 6.92. The number of hydrogen-bond donors (Lipinski definition) is 1. The molecule has 0 aromatic carbocycles. The molecule has 7 heteroatoms. The van der Waals surface area contributed by atoms with Crippen molar-refractivity contribution >= 4 is 5.97 Å². The number of piperidine rings is 1. The van der Waals surface area contributed by atoms with E-state index in [1.807, 2.05) is 7.05 Å². The topological polar surface area (TPSA) is 98.5 Å². The van der Waals surface area contributed by atoms with Crippen LogP contribution in [0.1, 0.15) is 32.1 Å². The van der Waals surface area contributed by atoms with Gasteiger partial charge in [-0.2, -0.15) is 0 Å². The van der Waals surface area contributed by atoms with Crippen LogP contribution in [0.3, 0.4) is 0 Å². The van der Waals surface area contributed by atoms with Gasteiger partial charge in [-0.05, 0) is 44.7 Å². The van der Waals surface area contributed by atoms with E-state index in [-0.39, 0.29) is 12.0 Å². The average Bonchev–Trinajstić information content (AvgIpc) is 2.67. The Bertz CT molecular complexity index is 397. The molecule has 7 nitrogen and oxygen atoms in total. The minimum absolute atomic E-state index is 0.111. The number of fused-ring (bicyclic) bond motifs is 2. The number of carbonyl (C=O) groups excluding carboxylic acids is 1. The van der Waals surface area contributed by atoms with Gasteiger partial charge in [0.05, 0.1) is 18.6 Å². The number of nitrogens with zero attached hydrogens (tertiary/aromatic N) is 4. The lowest BCUT2D eigenvalue weighted by Gasteiger charge is -2.39. The fourth-order valence-electron chi connectivity index (χ4n) is 3.35. The molecule has 2 fully saturated rings. The van der Waals surface area contributed by atoms with Crippen LogP contribution in [0.15, 0.2) is 5.11 Å². The monoisotopic (exact) mass is 282 g/mol. The van der Waals surface area contributed by atoms with Gasteiger partial charge in [0, 0.05) is 23.5 Å². The first-order chi connectivity index (χ1) is 9.65. The van der Waals surface area contributed by atoms with E-state index in [1.54, 1.807) is 0 Å². The molecule has 0 saturated carbocycles. The van der Waals surface area contributed by atoms with Crippen molar-refractivity contribution in [1.29, 1.82) is 0 Å². The van der Waals surface area contributed by atoms with E-state index in [4.69, 9.17) is 10.3 Å². The lowest BCUT2D eigenvalue weighted by Crippen LogP contribution is -2.52. The molecule has 2 rings (SSSR count). The summed E-state index contributed by atoms with van der Waals surface area (Å²) in [6, 6.07) is 0.516. The van der Waals surface area contributed by atoms with Gasteiger partial charge in [-0.3, -0.25) is 9.69 Å². The molecule has 0 aromatic heterocycles. The Morgan fingerprint density at radius 1 is 1.50 bits per heavy atom. The summed E-state index contributed by atoms with van der Waals surface area (Å²) in [6.07, 6.45) is 3.46. The smallest absolute Gasteiger partial charge is 0.313 e. The van der Waals surface area contributed by atoms with E-state index in [0.29, 0.717) is 38.5 Å². The Morgan fingerprint density at radius 2 is 2.30 bits per heavy atom. The molecule has 1 N–H and O–H groups in total. The Kier molecular flexibility index (Phi) is 5.23. The highest BCUT2D eigenvalue weighted by Crippen LogP contribution is 2.38. The summed E-state index contributed by atoms with van der Waals surface area (Å²) in [5, 5.41) is 13.6. The number of aliphatic hydroxyl groups excluding tert-OH is 1. The van der Waals surface area contributed by atoms with E-state index in [9.17, 15) is 9.90 Å². The molecular weight excluding hydrogens is 260 g/mol. The lowest BCUT2D eigenvalue weighted by molar-refractivity contribution is -0.159. The summed E-state index contributed by atoms with van der Waals surface area (Å²) < 4.78 is 5.27. The van der Waals surface area contributed by atoms with Gasteiger partial charge in [0.1, 0.15) is 0 Å². The first-order valence-corrected chi connectivity index (χ1v) is 7.22. The van der Waals surface area contributed by atoms with Crippen LogP contribution in [0.2, 0.25) is 0 Å². The largest absolute Gasteiger partial charge is 0.465 e. The van der Waals surface area contributed by atoms with E-state index < -0.39 is 12.0 Å². The Hall–Kier alpha value is -1.30. The van der Waals surface area contributed by atoms with Crippen LogP contribution < -0.4 is 0 Å². The zero-order valence-electron chi connectivity index (χ0n) is 11.8. The minimum atomic E-state index is -0.584. The summed E-state index contributed by atoms with van der Waals surface area (Å²) in [4.78, 5) is 17.0. The molecule has 2 aliphatic rings. The second-order valence-electron chi connectivity index (χ2n) is 5.62. The Morgan fingerprint density at radius 3 is 3.05 bits per heavy atom. The van der Waals surface area contributed by atoms with Gasteiger partial charge in [-0.1, -0.05) is 5.11 Å². The van der Waals surface area contributed by atoms with Crippen LogP contribution in [0, 0.1) is 5.92 Å². The highest BCUT2D eigenvalue weighted by atomic mass is 16.5. The predicted molar refractivity (Wildman–Crippen MR) is 72.9 cm³/mol. The van der Waals surface area contributed by atoms with Crippen molar-refractivity contribution in [2.24, 2.45) is 11.0 Å². The highest BCUT2D eigenvalue weighted by Gasteiger charge is 2.48. The fourth-order valence-corrected chi connectivity index (χ4v) is 3.35. The van der Waals surface area contributed by atoms with Crippen molar-refractivity contribution in [2.45, 2.75) is 50.3 Å². The maximum absolute atomic E-state index is 12.1. The summed E-state index contributed by atoms with van der Waals surface area (Å²) in [5.41, 5.74) is 8.14. The van der Waals surface area contributed by atoms with Gasteiger partial charge >= 0.3 is 5.97 Å². The van der Waals surface area contributed by atoms with Crippen molar-refractivity contribution < 1.29 is 14.6 Å². The number of unbranched alkanes of at least 4 members (excludes halogenated alkanes) is 1. The van der Waals surface area contributed by atoms with Crippen molar-refractivity contribution in [3.05, 3.63) is 10.4 Å². The highest BCUT2D eigenvalue weighted by molar-refractivity contribution is 5.74. The van der Waals surface area contributed by atoms with Gasteiger partial charge in [0.15, 0.2) is 0 Å². The minimum Gasteiger partial charge on any atom is -0.465 e. The third-order valence-corrected chi connectivity index (χ3v) is 4.47. The summed E-state index contributed by atoms with van der Waals surface area (Å²) in [7, 11) is 2.02. The molecule has 0 aromatic rings. The molecular formula is C13H22N4O3. The molecule has 0 aliphatic carbocycles. The third kappa shape index (κ3) is 3.23. The molecule has 0 amide bonds. The number of azide groups is 1. The summed E-state index contributed by atoms with van der Waals surface area (Å²) >= 11 is 0. The van der Waals surface area contributed by atoms with E-state index in [1.165, 1.54) is 0 Å². The molecule has 112 valence electrons. The molecule has 2 heterocycles. The van der Waals surface area contributed by atoms with Gasteiger partial charge in [0.25, 0.3) is 0 Å². The maximum atomic E-state index is 12.1. The van der Waals surface area contributed by atoms with Crippen molar-refractivity contribution in [3.63, 3.8) is 0 Å². The number of hydrogen-bond acceptors (Lipinski definition) is 5. The zero-order valence-corrected chi connectivity index (χ0v) is 11.8. The quantitative estimate of drug-likeness (QED) is 0.262. The summed E-state index contributed by atoms with van der Waals surface area (Å²) in [6.45, 7) is 0.746. The molecule has 0 spiro atoms. The lowest BCUT2D eigenvalue weighted by atomic mass is 9.88. The average molecular weight is 282 g/mol. The number of ether oxygens (including phenoxy) is 1. The van der Waals surface area contributed by atoms with Crippen molar-refractivity contribution in [2.75, 3.05) is 20.2 Å². The SMILES string of the molecule is CN1C2CCC1[C@@H](C(=O)OCCCCN=[N+]=[N-])[C@@H](O)C2. The fraction of sp³-hybridized carbons (Fsp3) is 0.923. The first-order valence-electron chi connectivity index (χ1n) is 7.22.